The largest absolute Gasteiger partial charge is 0.468 e. The Balaban J connectivity index is 2.59. The van der Waals surface area contributed by atoms with E-state index in [2.05, 4.69) is 4.74 Å². The Hall–Kier alpha value is -1.42. The first-order valence-corrected chi connectivity index (χ1v) is 5.19. The smallest absolute Gasteiger partial charge is 0.319 e. The molecule has 1 aromatic rings. The number of esters is 1. The molecule has 0 fully saturated rings. The summed E-state index contributed by atoms with van der Waals surface area (Å²) in [5, 5.41) is 0. The second kappa shape index (κ2) is 6.23. The Kier molecular flexibility index (Phi) is 4.92. The minimum Gasteiger partial charge on any atom is -0.468 e. The zero-order valence-electron chi connectivity index (χ0n) is 9.57. The van der Waals surface area contributed by atoms with Crippen LogP contribution in [0.25, 0.3) is 0 Å². The first-order valence-electron chi connectivity index (χ1n) is 5.19. The summed E-state index contributed by atoms with van der Waals surface area (Å²) in [6.45, 7) is 3.43. The van der Waals surface area contributed by atoms with Crippen molar-refractivity contribution in [1.82, 2.24) is 4.90 Å². The Morgan fingerprint density at radius 3 is 2.81 bits per heavy atom. The number of rotatable bonds is 5. The molecule has 16 heavy (non-hydrogen) atoms. The molecule has 0 aliphatic heterocycles. The fraction of sp³-hybridized carbons (Fsp3) is 0.417. The SMILES string of the molecule is CCN(CC(=O)OC)Cc1cccc(F)c1. The van der Waals surface area contributed by atoms with Crippen LogP contribution in [0.1, 0.15) is 12.5 Å². The Morgan fingerprint density at radius 1 is 1.50 bits per heavy atom. The molecule has 1 aromatic carbocycles. The summed E-state index contributed by atoms with van der Waals surface area (Å²) in [4.78, 5) is 13.0. The number of methoxy groups -OCH3 is 1. The molecule has 3 nitrogen and oxygen atoms in total. The monoisotopic (exact) mass is 225 g/mol. The lowest BCUT2D eigenvalue weighted by atomic mass is 10.2. The number of halogens is 1. The van der Waals surface area contributed by atoms with Gasteiger partial charge in [0, 0.05) is 6.54 Å². The summed E-state index contributed by atoms with van der Waals surface area (Å²) in [7, 11) is 1.36. The van der Waals surface area contributed by atoms with Gasteiger partial charge in [-0.25, -0.2) is 4.39 Å². The number of carbonyl (C=O) groups is 1. The topological polar surface area (TPSA) is 29.5 Å². The van der Waals surface area contributed by atoms with Gasteiger partial charge in [0.2, 0.25) is 0 Å². The van der Waals surface area contributed by atoms with Crippen LogP contribution in [0.4, 0.5) is 4.39 Å². The van der Waals surface area contributed by atoms with Gasteiger partial charge in [-0.1, -0.05) is 19.1 Å². The second-order valence-electron chi connectivity index (χ2n) is 3.51. The standard InChI is InChI=1S/C12H16FNO2/c1-3-14(9-12(15)16-2)8-10-5-4-6-11(13)7-10/h4-7H,3,8-9H2,1-2H3. The number of hydrogen-bond acceptors (Lipinski definition) is 3. The molecule has 0 radical (unpaired) electrons. The van der Waals surface area contributed by atoms with E-state index in [1.165, 1.54) is 19.2 Å². The zero-order valence-corrected chi connectivity index (χ0v) is 9.57. The number of ether oxygens (including phenoxy) is 1. The van der Waals surface area contributed by atoms with Crippen LogP contribution in [0.15, 0.2) is 24.3 Å². The number of carbonyl (C=O) groups excluding carboxylic acids is 1. The molecule has 0 amide bonds. The van der Waals surface area contributed by atoms with E-state index in [1.807, 2.05) is 17.9 Å². The van der Waals surface area contributed by atoms with Crippen LogP contribution >= 0.6 is 0 Å². The summed E-state index contributed by atoms with van der Waals surface area (Å²) in [6.07, 6.45) is 0. The highest BCUT2D eigenvalue weighted by Gasteiger charge is 2.09. The van der Waals surface area contributed by atoms with Gasteiger partial charge in [-0.15, -0.1) is 0 Å². The molecular weight excluding hydrogens is 209 g/mol. The average Bonchev–Trinajstić information content (AvgIpc) is 2.28. The quantitative estimate of drug-likeness (QED) is 0.716. The minimum absolute atomic E-state index is 0.226. The Morgan fingerprint density at radius 2 is 2.25 bits per heavy atom. The summed E-state index contributed by atoms with van der Waals surface area (Å²) >= 11 is 0. The molecule has 0 saturated heterocycles. The molecule has 0 bridgehead atoms. The van der Waals surface area contributed by atoms with Crippen molar-refractivity contribution in [2.45, 2.75) is 13.5 Å². The lowest BCUT2D eigenvalue weighted by molar-refractivity contribution is -0.142. The lowest BCUT2D eigenvalue weighted by Crippen LogP contribution is -2.29. The maximum absolute atomic E-state index is 12.9. The predicted molar refractivity (Wildman–Crippen MR) is 59.4 cm³/mol. The normalized spacial score (nSPS) is 10.5. The number of nitrogens with zero attached hydrogens (tertiary/aromatic N) is 1. The highest BCUT2D eigenvalue weighted by Crippen LogP contribution is 2.07. The van der Waals surface area contributed by atoms with Crippen molar-refractivity contribution in [1.29, 1.82) is 0 Å². The van der Waals surface area contributed by atoms with Crippen LogP contribution in [-0.2, 0) is 16.1 Å². The van der Waals surface area contributed by atoms with Crippen LogP contribution in [-0.4, -0.2) is 31.1 Å². The van der Waals surface area contributed by atoms with Crippen LogP contribution < -0.4 is 0 Å². The highest BCUT2D eigenvalue weighted by molar-refractivity contribution is 5.71. The van der Waals surface area contributed by atoms with Crippen molar-refractivity contribution >= 4 is 5.97 Å². The van der Waals surface area contributed by atoms with Crippen molar-refractivity contribution in [3.8, 4) is 0 Å². The Labute approximate surface area is 94.8 Å². The maximum Gasteiger partial charge on any atom is 0.319 e. The fourth-order valence-electron chi connectivity index (χ4n) is 1.42. The van der Waals surface area contributed by atoms with Gasteiger partial charge in [0.15, 0.2) is 0 Å². The minimum atomic E-state index is -0.279. The van der Waals surface area contributed by atoms with Crippen molar-refractivity contribution < 1.29 is 13.9 Å². The van der Waals surface area contributed by atoms with E-state index in [0.717, 1.165) is 5.56 Å². The summed E-state index contributed by atoms with van der Waals surface area (Å²) in [6, 6.07) is 6.37. The van der Waals surface area contributed by atoms with E-state index in [9.17, 15) is 9.18 Å². The maximum atomic E-state index is 12.9. The van der Waals surface area contributed by atoms with Gasteiger partial charge in [0.1, 0.15) is 5.82 Å². The zero-order chi connectivity index (χ0) is 12.0. The molecule has 0 aromatic heterocycles. The van der Waals surface area contributed by atoms with Crippen LogP contribution in [0.2, 0.25) is 0 Å². The molecule has 0 unspecified atom stereocenters. The predicted octanol–water partition coefficient (Wildman–Crippen LogP) is 1.82. The molecule has 0 spiro atoms. The second-order valence-corrected chi connectivity index (χ2v) is 3.51. The van der Waals surface area contributed by atoms with Crippen LogP contribution in [0, 0.1) is 5.82 Å². The number of benzene rings is 1. The van der Waals surface area contributed by atoms with Gasteiger partial charge in [0.25, 0.3) is 0 Å². The van der Waals surface area contributed by atoms with Crippen molar-refractivity contribution in [2.24, 2.45) is 0 Å². The van der Waals surface area contributed by atoms with E-state index in [4.69, 9.17) is 0 Å². The first-order chi connectivity index (χ1) is 7.65. The molecule has 0 aliphatic rings. The van der Waals surface area contributed by atoms with E-state index in [-0.39, 0.29) is 18.3 Å². The third-order valence-corrected chi connectivity index (χ3v) is 2.32. The molecule has 0 aliphatic carbocycles. The molecular formula is C12H16FNO2. The molecule has 0 heterocycles. The van der Waals surface area contributed by atoms with Gasteiger partial charge >= 0.3 is 5.97 Å². The summed E-state index contributed by atoms with van der Waals surface area (Å²) in [5.41, 5.74) is 0.853. The lowest BCUT2D eigenvalue weighted by Gasteiger charge is -2.18. The van der Waals surface area contributed by atoms with Gasteiger partial charge in [-0.3, -0.25) is 9.69 Å². The average molecular weight is 225 g/mol. The highest BCUT2D eigenvalue weighted by atomic mass is 19.1. The molecule has 0 saturated carbocycles. The number of likely N-dealkylation sites (N-methyl/N-ethyl adjacent to an activating group) is 1. The van der Waals surface area contributed by atoms with Gasteiger partial charge in [0.05, 0.1) is 13.7 Å². The molecule has 0 atom stereocenters. The van der Waals surface area contributed by atoms with E-state index < -0.39 is 0 Å². The van der Waals surface area contributed by atoms with E-state index in [1.54, 1.807) is 6.07 Å². The molecule has 0 N–H and O–H groups in total. The molecule has 1 rings (SSSR count). The summed E-state index contributed by atoms with van der Waals surface area (Å²) in [5.74, 6) is -0.537. The number of hydrogen-bond donors (Lipinski definition) is 0. The van der Waals surface area contributed by atoms with Gasteiger partial charge < -0.3 is 4.74 Å². The third kappa shape index (κ3) is 3.98. The van der Waals surface area contributed by atoms with E-state index >= 15 is 0 Å². The third-order valence-electron chi connectivity index (χ3n) is 2.32. The van der Waals surface area contributed by atoms with Gasteiger partial charge in [-0.05, 0) is 24.2 Å². The van der Waals surface area contributed by atoms with Crippen molar-refractivity contribution in [2.75, 3.05) is 20.2 Å². The Bertz CT molecular complexity index is 355. The van der Waals surface area contributed by atoms with Crippen LogP contribution in [0.5, 0.6) is 0 Å². The fourth-order valence-corrected chi connectivity index (χ4v) is 1.42. The molecule has 88 valence electrons. The molecule has 4 heteroatoms. The van der Waals surface area contributed by atoms with Crippen molar-refractivity contribution in [3.63, 3.8) is 0 Å². The van der Waals surface area contributed by atoms with Crippen LogP contribution in [0.3, 0.4) is 0 Å². The van der Waals surface area contributed by atoms with E-state index in [0.29, 0.717) is 13.1 Å². The van der Waals surface area contributed by atoms with Gasteiger partial charge in [-0.2, -0.15) is 0 Å². The summed E-state index contributed by atoms with van der Waals surface area (Å²) < 4.78 is 17.5. The van der Waals surface area contributed by atoms with Crippen molar-refractivity contribution in [3.05, 3.63) is 35.6 Å². The first kappa shape index (κ1) is 12.6.